The van der Waals surface area contributed by atoms with Gasteiger partial charge in [0.15, 0.2) is 5.82 Å². The third-order valence-electron chi connectivity index (χ3n) is 2.12. The molecule has 0 N–H and O–H groups in total. The lowest BCUT2D eigenvalue weighted by Gasteiger charge is -2.06. The Hall–Kier alpha value is -0.520. The van der Waals surface area contributed by atoms with Crippen molar-refractivity contribution in [2.75, 3.05) is 0 Å². The second-order valence-electron chi connectivity index (χ2n) is 3.35. The highest BCUT2D eigenvalue weighted by Gasteiger charge is 2.13. The molecule has 0 saturated heterocycles. The summed E-state index contributed by atoms with van der Waals surface area (Å²) in [5.74, 6) is 0.0684. The van der Waals surface area contributed by atoms with Crippen LogP contribution in [0.15, 0.2) is 27.3 Å². The molecule has 1 heterocycles. The predicted molar refractivity (Wildman–Crippen MR) is 72.6 cm³/mol. The van der Waals surface area contributed by atoms with Crippen molar-refractivity contribution in [3.8, 4) is 11.3 Å². The molecule has 1 aromatic heterocycles. The first-order valence-electron chi connectivity index (χ1n) is 4.64. The number of aryl methyl sites for hydroxylation is 1. The van der Waals surface area contributed by atoms with Crippen LogP contribution in [0.3, 0.4) is 0 Å². The van der Waals surface area contributed by atoms with Gasteiger partial charge in [-0.15, -0.1) is 0 Å². The van der Waals surface area contributed by atoms with Gasteiger partial charge in [0.2, 0.25) is 0 Å². The summed E-state index contributed by atoms with van der Waals surface area (Å²) in [5, 5.41) is 0.0508. The van der Waals surface area contributed by atoms with Gasteiger partial charge >= 0.3 is 0 Å². The third kappa shape index (κ3) is 2.67. The molecule has 0 atom stereocenters. The number of nitrogens with zero attached hydrogens (tertiary/aromatic N) is 2. The SMILES string of the molecule is Cc1nc(Br)cc(-c2ccc(Br)c(Cl)c2F)n1. The van der Waals surface area contributed by atoms with Crippen LogP contribution in [-0.4, -0.2) is 9.97 Å². The van der Waals surface area contributed by atoms with Crippen LogP contribution >= 0.6 is 43.5 Å². The molecule has 0 aliphatic carbocycles. The summed E-state index contributed by atoms with van der Waals surface area (Å²) in [5.41, 5.74) is 0.848. The quantitative estimate of drug-likeness (QED) is 0.526. The van der Waals surface area contributed by atoms with Gasteiger partial charge in [0.1, 0.15) is 10.4 Å². The molecule has 0 radical (unpaired) electrons. The van der Waals surface area contributed by atoms with Crippen LogP contribution in [0.25, 0.3) is 11.3 Å². The van der Waals surface area contributed by atoms with E-state index in [0.29, 0.717) is 26.2 Å². The van der Waals surface area contributed by atoms with Crippen LogP contribution in [0.5, 0.6) is 0 Å². The van der Waals surface area contributed by atoms with E-state index in [4.69, 9.17) is 11.6 Å². The molecular formula is C11H6Br2ClFN2. The van der Waals surface area contributed by atoms with E-state index in [1.54, 1.807) is 25.1 Å². The molecule has 6 heteroatoms. The summed E-state index contributed by atoms with van der Waals surface area (Å²) in [7, 11) is 0. The Morgan fingerprint density at radius 3 is 2.59 bits per heavy atom. The number of hydrogen-bond donors (Lipinski definition) is 0. The van der Waals surface area contributed by atoms with Crippen LogP contribution in [0.2, 0.25) is 5.02 Å². The molecule has 0 saturated carbocycles. The summed E-state index contributed by atoms with van der Waals surface area (Å²) in [6, 6.07) is 4.96. The Balaban J connectivity index is 2.64. The monoisotopic (exact) mass is 378 g/mol. The van der Waals surface area contributed by atoms with Gasteiger partial charge in [-0.3, -0.25) is 0 Å². The molecule has 88 valence electrons. The van der Waals surface area contributed by atoms with Gasteiger partial charge in [0.05, 0.1) is 10.7 Å². The first kappa shape index (κ1) is 12.9. The number of benzene rings is 1. The summed E-state index contributed by atoms with van der Waals surface area (Å²) in [4.78, 5) is 8.25. The lowest BCUT2D eigenvalue weighted by Crippen LogP contribution is -1.94. The highest BCUT2D eigenvalue weighted by molar-refractivity contribution is 9.10. The van der Waals surface area contributed by atoms with Gasteiger partial charge < -0.3 is 0 Å². The van der Waals surface area contributed by atoms with E-state index in [1.807, 2.05) is 0 Å². The Bertz CT molecular complexity index is 570. The van der Waals surface area contributed by atoms with Gasteiger partial charge in [-0.2, -0.15) is 0 Å². The van der Waals surface area contributed by atoms with Crippen molar-refractivity contribution in [3.63, 3.8) is 0 Å². The van der Waals surface area contributed by atoms with Crippen LogP contribution < -0.4 is 0 Å². The maximum Gasteiger partial charge on any atom is 0.152 e. The summed E-state index contributed by atoms with van der Waals surface area (Å²) in [6.45, 7) is 1.74. The minimum Gasteiger partial charge on any atom is -0.233 e. The fourth-order valence-corrected chi connectivity index (χ4v) is 2.34. The van der Waals surface area contributed by atoms with E-state index in [-0.39, 0.29) is 5.02 Å². The average Bonchev–Trinajstić information content (AvgIpc) is 2.24. The molecule has 2 nitrogen and oxygen atoms in total. The number of rotatable bonds is 1. The molecular weight excluding hydrogens is 374 g/mol. The van der Waals surface area contributed by atoms with Crippen molar-refractivity contribution in [2.45, 2.75) is 6.92 Å². The molecule has 0 fully saturated rings. The molecule has 1 aromatic carbocycles. The highest BCUT2D eigenvalue weighted by Crippen LogP contribution is 2.32. The van der Waals surface area contributed by atoms with Gasteiger partial charge in [-0.1, -0.05) is 11.6 Å². The lowest BCUT2D eigenvalue weighted by molar-refractivity contribution is 0.630. The molecule has 0 bridgehead atoms. The minimum absolute atomic E-state index is 0.0508. The van der Waals surface area contributed by atoms with Crippen LogP contribution in [0, 0.1) is 12.7 Å². The minimum atomic E-state index is -0.494. The highest BCUT2D eigenvalue weighted by atomic mass is 79.9. The second-order valence-corrected chi connectivity index (χ2v) is 5.39. The average molecular weight is 380 g/mol. The normalized spacial score (nSPS) is 10.6. The maximum absolute atomic E-state index is 14.0. The van der Waals surface area contributed by atoms with E-state index < -0.39 is 5.82 Å². The molecule has 0 amide bonds. The molecule has 0 spiro atoms. The fourth-order valence-electron chi connectivity index (χ4n) is 1.39. The van der Waals surface area contributed by atoms with Crippen molar-refractivity contribution in [2.24, 2.45) is 0 Å². The predicted octanol–water partition coefficient (Wildman–Crippen LogP) is 4.77. The van der Waals surface area contributed by atoms with Gasteiger partial charge in [-0.05, 0) is 57.0 Å². The van der Waals surface area contributed by atoms with Crippen LogP contribution in [0.4, 0.5) is 4.39 Å². The van der Waals surface area contributed by atoms with Crippen LogP contribution in [0.1, 0.15) is 5.82 Å². The first-order valence-corrected chi connectivity index (χ1v) is 6.60. The van der Waals surface area contributed by atoms with Crippen molar-refractivity contribution < 1.29 is 4.39 Å². The lowest BCUT2D eigenvalue weighted by atomic mass is 10.1. The Morgan fingerprint density at radius 1 is 1.24 bits per heavy atom. The third-order valence-corrected chi connectivity index (χ3v) is 3.78. The van der Waals surface area contributed by atoms with Gasteiger partial charge in [-0.25, -0.2) is 14.4 Å². The number of halogens is 4. The second kappa shape index (κ2) is 5.00. The zero-order chi connectivity index (χ0) is 12.6. The fraction of sp³-hybridized carbons (Fsp3) is 0.0909. The largest absolute Gasteiger partial charge is 0.233 e. The summed E-state index contributed by atoms with van der Waals surface area (Å²) < 4.78 is 15.1. The number of aromatic nitrogens is 2. The van der Waals surface area contributed by atoms with E-state index >= 15 is 0 Å². The molecule has 0 aliphatic heterocycles. The summed E-state index contributed by atoms with van der Waals surface area (Å²) in [6.07, 6.45) is 0. The van der Waals surface area contributed by atoms with Crippen molar-refractivity contribution in [1.29, 1.82) is 0 Å². The number of hydrogen-bond acceptors (Lipinski definition) is 2. The molecule has 0 aliphatic rings. The Kier molecular flexibility index (Phi) is 3.80. The smallest absolute Gasteiger partial charge is 0.152 e. The zero-order valence-electron chi connectivity index (χ0n) is 8.64. The Morgan fingerprint density at radius 2 is 1.94 bits per heavy atom. The van der Waals surface area contributed by atoms with Crippen molar-refractivity contribution in [3.05, 3.63) is 43.9 Å². The van der Waals surface area contributed by atoms with E-state index in [2.05, 4.69) is 41.8 Å². The molecule has 17 heavy (non-hydrogen) atoms. The van der Waals surface area contributed by atoms with Gasteiger partial charge in [0.25, 0.3) is 0 Å². The zero-order valence-corrected chi connectivity index (χ0v) is 12.6. The van der Waals surface area contributed by atoms with Crippen LogP contribution in [-0.2, 0) is 0 Å². The van der Waals surface area contributed by atoms with E-state index in [1.165, 1.54) is 0 Å². The molecule has 2 aromatic rings. The van der Waals surface area contributed by atoms with Crippen molar-refractivity contribution in [1.82, 2.24) is 9.97 Å². The maximum atomic E-state index is 14.0. The first-order chi connectivity index (χ1) is 7.99. The molecule has 0 unspecified atom stereocenters. The van der Waals surface area contributed by atoms with Crippen molar-refractivity contribution >= 4 is 43.5 Å². The topological polar surface area (TPSA) is 25.8 Å². The molecule has 2 rings (SSSR count). The standard InChI is InChI=1S/C11H6Br2ClFN2/c1-5-16-8(4-9(13)17-5)6-2-3-7(12)10(14)11(6)15/h2-4H,1H3. The van der Waals surface area contributed by atoms with Gasteiger partial charge in [0, 0.05) is 10.0 Å². The van der Waals surface area contributed by atoms with E-state index in [0.717, 1.165) is 0 Å². The van der Waals surface area contributed by atoms with E-state index in [9.17, 15) is 4.39 Å². The summed E-state index contributed by atoms with van der Waals surface area (Å²) >= 11 is 12.3. The Labute approximate surface area is 119 Å².